The minimum Gasteiger partial charge on any atom is -0.491 e. The lowest BCUT2D eigenvalue weighted by Gasteiger charge is -2.13. The molecule has 1 heterocycles. The molecule has 1 aromatic carbocycles. The number of ether oxygens (including phenoxy) is 1. The van der Waals surface area contributed by atoms with Crippen LogP contribution in [0.1, 0.15) is 34.1 Å². The van der Waals surface area contributed by atoms with Crippen LogP contribution in [-0.2, 0) is 0 Å². The zero-order valence-electron chi connectivity index (χ0n) is 12.4. The Morgan fingerprint density at radius 3 is 2.70 bits per heavy atom. The van der Waals surface area contributed by atoms with Crippen molar-refractivity contribution in [1.82, 2.24) is 4.98 Å². The Kier molecular flexibility index (Phi) is 5.54. The number of hydrogen-bond acceptors (Lipinski definition) is 4. The Hall–Kier alpha value is -2.60. The van der Waals surface area contributed by atoms with E-state index >= 15 is 0 Å². The molecule has 120 valence electrons. The molecule has 0 bridgehead atoms. The van der Waals surface area contributed by atoms with Crippen LogP contribution in [0.25, 0.3) is 0 Å². The van der Waals surface area contributed by atoms with Gasteiger partial charge in [0, 0.05) is 11.8 Å². The van der Waals surface area contributed by atoms with E-state index in [0.29, 0.717) is 17.9 Å². The first-order valence-electron chi connectivity index (χ1n) is 6.94. The highest BCUT2D eigenvalue weighted by molar-refractivity contribution is 6.29. The van der Waals surface area contributed by atoms with Crippen LogP contribution in [-0.4, -0.2) is 28.6 Å². The average molecular weight is 335 g/mol. The van der Waals surface area contributed by atoms with Crippen molar-refractivity contribution in [2.24, 2.45) is 0 Å². The number of pyridine rings is 1. The van der Waals surface area contributed by atoms with Crippen molar-refractivity contribution in [3.05, 3.63) is 52.8 Å². The zero-order valence-corrected chi connectivity index (χ0v) is 13.1. The van der Waals surface area contributed by atoms with Crippen LogP contribution < -0.4 is 10.1 Å². The first kappa shape index (κ1) is 16.8. The molecule has 0 aliphatic rings. The number of nitrogens with zero attached hydrogens (tertiary/aromatic N) is 1. The van der Waals surface area contributed by atoms with E-state index in [1.807, 2.05) is 6.92 Å². The van der Waals surface area contributed by atoms with E-state index in [4.69, 9.17) is 21.4 Å². The molecule has 23 heavy (non-hydrogen) atoms. The highest BCUT2D eigenvalue weighted by atomic mass is 35.5. The molecule has 6 nitrogen and oxygen atoms in total. The van der Waals surface area contributed by atoms with E-state index in [-0.39, 0.29) is 16.4 Å². The van der Waals surface area contributed by atoms with Gasteiger partial charge in [-0.3, -0.25) is 4.79 Å². The number of carbonyl (C=O) groups excluding carboxylic acids is 1. The van der Waals surface area contributed by atoms with E-state index in [2.05, 4.69) is 10.3 Å². The van der Waals surface area contributed by atoms with Crippen molar-refractivity contribution in [2.45, 2.75) is 13.3 Å². The summed E-state index contributed by atoms with van der Waals surface area (Å²) in [6.45, 7) is 2.40. The summed E-state index contributed by atoms with van der Waals surface area (Å²) < 4.78 is 5.54. The molecule has 0 spiro atoms. The maximum Gasteiger partial charge on any atom is 0.335 e. The van der Waals surface area contributed by atoms with Gasteiger partial charge < -0.3 is 15.2 Å². The SMILES string of the molecule is CCCOc1ccc(C(=O)O)cc1NC(=O)c1ccnc(Cl)c1. The van der Waals surface area contributed by atoms with Crippen LogP contribution in [0.4, 0.5) is 5.69 Å². The maximum atomic E-state index is 12.3. The van der Waals surface area contributed by atoms with Gasteiger partial charge in [-0.05, 0) is 36.8 Å². The van der Waals surface area contributed by atoms with Gasteiger partial charge >= 0.3 is 5.97 Å². The molecule has 0 radical (unpaired) electrons. The van der Waals surface area contributed by atoms with Gasteiger partial charge in [0.05, 0.1) is 17.9 Å². The van der Waals surface area contributed by atoms with Crippen molar-refractivity contribution in [3.8, 4) is 5.75 Å². The summed E-state index contributed by atoms with van der Waals surface area (Å²) in [6, 6.07) is 7.23. The maximum absolute atomic E-state index is 12.3. The molecule has 7 heteroatoms. The Morgan fingerprint density at radius 2 is 2.04 bits per heavy atom. The van der Waals surface area contributed by atoms with E-state index in [9.17, 15) is 9.59 Å². The van der Waals surface area contributed by atoms with Gasteiger partial charge in [0.15, 0.2) is 0 Å². The van der Waals surface area contributed by atoms with E-state index < -0.39 is 11.9 Å². The molecule has 0 unspecified atom stereocenters. The Balaban J connectivity index is 2.29. The molecule has 0 saturated carbocycles. The highest BCUT2D eigenvalue weighted by Crippen LogP contribution is 2.27. The number of aromatic carboxylic acids is 1. The van der Waals surface area contributed by atoms with Crippen LogP contribution in [0.2, 0.25) is 5.15 Å². The summed E-state index contributed by atoms with van der Waals surface area (Å²) in [6.07, 6.45) is 2.20. The fourth-order valence-corrected chi connectivity index (χ4v) is 2.01. The molecular formula is C16H15ClN2O4. The van der Waals surface area contributed by atoms with Crippen molar-refractivity contribution in [3.63, 3.8) is 0 Å². The summed E-state index contributed by atoms with van der Waals surface area (Å²) in [5.74, 6) is -1.11. The van der Waals surface area contributed by atoms with Gasteiger partial charge in [-0.2, -0.15) is 0 Å². The van der Waals surface area contributed by atoms with Crippen molar-refractivity contribution >= 4 is 29.2 Å². The zero-order chi connectivity index (χ0) is 16.8. The van der Waals surface area contributed by atoms with Crippen molar-refractivity contribution < 1.29 is 19.4 Å². The second-order valence-electron chi connectivity index (χ2n) is 4.69. The third-order valence-electron chi connectivity index (χ3n) is 2.93. The smallest absolute Gasteiger partial charge is 0.335 e. The van der Waals surface area contributed by atoms with Gasteiger partial charge in [0.25, 0.3) is 5.91 Å². The molecule has 2 aromatic rings. The van der Waals surface area contributed by atoms with Gasteiger partial charge in [-0.1, -0.05) is 18.5 Å². The predicted octanol–water partition coefficient (Wildman–Crippen LogP) is 3.47. The number of carboxylic acid groups (broad SMARTS) is 1. The Bertz CT molecular complexity index is 734. The van der Waals surface area contributed by atoms with Crippen LogP contribution in [0.15, 0.2) is 36.5 Å². The number of anilines is 1. The molecule has 0 aliphatic carbocycles. The number of carboxylic acids is 1. The topological polar surface area (TPSA) is 88.5 Å². The normalized spacial score (nSPS) is 10.2. The molecule has 0 saturated heterocycles. The highest BCUT2D eigenvalue weighted by Gasteiger charge is 2.14. The van der Waals surface area contributed by atoms with E-state index in [1.54, 1.807) is 0 Å². The molecule has 0 aliphatic heterocycles. The van der Waals surface area contributed by atoms with Crippen LogP contribution >= 0.6 is 11.6 Å². The number of rotatable bonds is 6. The van der Waals surface area contributed by atoms with Crippen LogP contribution in [0, 0.1) is 0 Å². The summed E-state index contributed by atoms with van der Waals surface area (Å²) in [7, 11) is 0. The van der Waals surface area contributed by atoms with Gasteiger partial charge in [-0.25, -0.2) is 9.78 Å². The monoisotopic (exact) mass is 334 g/mol. The summed E-state index contributed by atoms with van der Waals surface area (Å²) in [4.78, 5) is 27.2. The third-order valence-corrected chi connectivity index (χ3v) is 3.13. The summed E-state index contributed by atoms with van der Waals surface area (Å²) >= 11 is 5.76. The number of hydrogen-bond donors (Lipinski definition) is 2. The van der Waals surface area contributed by atoms with Crippen molar-refractivity contribution in [2.75, 3.05) is 11.9 Å². The second kappa shape index (κ2) is 7.60. The lowest BCUT2D eigenvalue weighted by atomic mass is 10.1. The minimum atomic E-state index is -1.09. The Labute approximate surface area is 138 Å². The number of aromatic nitrogens is 1. The second-order valence-corrected chi connectivity index (χ2v) is 5.07. The number of carbonyl (C=O) groups is 2. The molecule has 0 atom stereocenters. The standard InChI is InChI=1S/C16H15ClN2O4/c1-2-7-23-13-4-3-11(16(21)22)8-12(13)19-15(20)10-5-6-18-14(17)9-10/h3-6,8-9H,2,7H2,1H3,(H,19,20)(H,21,22). The first-order valence-corrected chi connectivity index (χ1v) is 7.32. The summed E-state index contributed by atoms with van der Waals surface area (Å²) in [5.41, 5.74) is 0.653. The largest absolute Gasteiger partial charge is 0.491 e. The lowest BCUT2D eigenvalue weighted by Crippen LogP contribution is -2.14. The molecule has 1 aromatic heterocycles. The summed E-state index contributed by atoms with van der Waals surface area (Å²) in [5, 5.41) is 11.9. The van der Waals surface area contributed by atoms with Gasteiger partial charge in [-0.15, -0.1) is 0 Å². The average Bonchev–Trinajstić information content (AvgIpc) is 2.53. The minimum absolute atomic E-state index is 0.0527. The molecule has 2 N–H and O–H groups in total. The molecule has 1 amide bonds. The predicted molar refractivity (Wildman–Crippen MR) is 86.4 cm³/mol. The fourth-order valence-electron chi connectivity index (χ4n) is 1.84. The Morgan fingerprint density at radius 1 is 1.26 bits per heavy atom. The number of halogens is 1. The molecular weight excluding hydrogens is 320 g/mol. The number of benzene rings is 1. The third kappa shape index (κ3) is 4.43. The number of amides is 1. The van der Waals surface area contributed by atoms with Gasteiger partial charge in [0.1, 0.15) is 10.9 Å². The van der Waals surface area contributed by atoms with E-state index in [1.165, 1.54) is 36.5 Å². The van der Waals surface area contributed by atoms with Crippen LogP contribution in [0.3, 0.4) is 0 Å². The molecule has 0 fully saturated rings. The molecule has 2 rings (SSSR count). The van der Waals surface area contributed by atoms with Crippen LogP contribution in [0.5, 0.6) is 5.75 Å². The van der Waals surface area contributed by atoms with Crippen molar-refractivity contribution in [1.29, 1.82) is 0 Å². The lowest BCUT2D eigenvalue weighted by molar-refractivity contribution is 0.0696. The quantitative estimate of drug-likeness (QED) is 0.789. The van der Waals surface area contributed by atoms with Gasteiger partial charge in [0.2, 0.25) is 0 Å². The first-order chi connectivity index (χ1) is 11.0. The van der Waals surface area contributed by atoms with E-state index in [0.717, 1.165) is 6.42 Å². The fraction of sp³-hybridized carbons (Fsp3) is 0.188. The number of nitrogens with one attached hydrogen (secondary N) is 1.